The van der Waals surface area contributed by atoms with E-state index in [0.717, 1.165) is 10.5 Å². The molecule has 2 heterocycles. The maximum absolute atomic E-state index is 13.9. The van der Waals surface area contributed by atoms with Gasteiger partial charge in [-0.05, 0) is 67.1 Å². The van der Waals surface area contributed by atoms with Crippen LogP contribution in [0.5, 0.6) is 5.75 Å². The molecular weight excluding hydrogens is 477 g/mol. The smallest absolute Gasteiger partial charge is 0.295 e. The fraction of sp³-hybridized carbons (Fsp3) is 0.120. The second-order valence-electron chi connectivity index (χ2n) is 7.37. The molecule has 32 heavy (non-hydrogen) atoms. The summed E-state index contributed by atoms with van der Waals surface area (Å²) in [5.41, 5.74) is 1.27. The molecule has 0 N–H and O–H groups in total. The summed E-state index contributed by atoms with van der Waals surface area (Å²) in [4.78, 5) is 28.5. The lowest BCUT2D eigenvalue weighted by molar-refractivity contribution is 0.0971. The molecule has 5 nitrogen and oxygen atoms in total. The number of rotatable bonds is 4. The first kappa shape index (κ1) is 20.5. The van der Waals surface area contributed by atoms with Gasteiger partial charge in [0.05, 0.1) is 23.6 Å². The number of hydrogen-bond acceptors (Lipinski definition) is 4. The molecule has 0 saturated heterocycles. The average molecular weight is 494 g/mol. The van der Waals surface area contributed by atoms with Gasteiger partial charge in [-0.25, -0.2) is 4.39 Å². The van der Waals surface area contributed by atoms with Crippen molar-refractivity contribution in [3.63, 3.8) is 0 Å². The Morgan fingerprint density at radius 3 is 2.44 bits per heavy atom. The van der Waals surface area contributed by atoms with Crippen molar-refractivity contribution in [2.75, 3.05) is 11.5 Å². The molecule has 0 saturated carbocycles. The van der Waals surface area contributed by atoms with E-state index in [0.29, 0.717) is 23.6 Å². The van der Waals surface area contributed by atoms with Crippen LogP contribution in [0.15, 0.2) is 80.4 Å². The highest BCUT2D eigenvalue weighted by molar-refractivity contribution is 9.10. The second kappa shape index (κ2) is 7.91. The number of amides is 1. The minimum atomic E-state index is -0.724. The Hall–Kier alpha value is -3.45. The van der Waals surface area contributed by atoms with Crippen LogP contribution in [-0.4, -0.2) is 12.5 Å². The maximum atomic E-state index is 13.9. The largest absolute Gasteiger partial charge is 0.494 e. The highest BCUT2D eigenvalue weighted by atomic mass is 79.9. The Morgan fingerprint density at radius 2 is 1.75 bits per heavy atom. The average Bonchev–Trinajstić information content (AvgIpc) is 3.08. The highest BCUT2D eigenvalue weighted by Crippen LogP contribution is 2.41. The fourth-order valence-corrected chi connectivity index (χ4v) is 4.31. The van der Waals surface area contributed by atoms with E-state index >= 15 is 0 Å². The molecule has 4 aromatic rings. The molecule has 1 amide bonds. The molecule has 0 spiro atoms. The molecule has 0 radical (unpaired) electrons. The van der Waals surface area contributed by atoms with E-state index in [1.807, 2.05) is 31.2 Å². The number of fused-ring (bicyclic) bond motifs is 2. The van der Waals surface area contributed by atoms with Crippen molar-refractivity contribution in [2.24, 2.45) is 0 Å². The number of halogens is 2. The van der Waals surface area contributed by atoms with Gasteiger partial charge in [-0.3, -0.25) is 14.5 Å². The first-order valence-electron chi connectivity index (χ1n) is 10.1. The molecule has 160 valence electrons. The fourth-order valence-electron chi connectivity index (χ4n) is 4.04. The Morgan fingerprint density at radius 1 is 1.03 bits per heavy atom. The molecular formula is C25H17BrFNO4. The third-order valence-corrected chi connectivity index (χ3v) is 5.97. The standard InChI is InChI=1S/C25H17BrFNO4/c1-2-31-18-10-3-14(4-11-18)22-21-23(29)19-13-16(27)7-12-20(19)32-24(21)25(30)28(22)17-8-5-15(26)6-9-17/h3-13,22H,2H2,1H3. The van der Waals surface area contributed by atoms with E-state index in [1.54, 1.807) is 24.3 Å². The molecule has 0 fully saturated rings. The molecule has 1 aliphatic rings. The van der Waals surface area contributed by atoms with E-state index in [-0.39, 0.29) is 22.3 Å². The number of carbonyl (C=O) groups excluding carboxylic acids is 1. The van der Waals surface area contributed by atoms with E-state index in [1.165, 1.54) is 17.0 Å². The number of anilines is 1. The van der Waals surface area contributed by atoms with Gasteiger partial charge < -0.3 is 9.15 Å². The summed E-state index contributed by atoms with van der Waals surface area (Å²) in [5, 5.41) is 0.102. The molecule has 0 aliphatic carbocycles. The minimum Gasteiger partial charge on any atom is -0.494 e. The summed E-state index contributed by atoms with van der Waals surface area (Å²) in [6, 6.07) is 17.4. The van der Waals surface area contributed by atoms with Gasteiger partial charge in [-0.15, -0.1) is 0 Å². The lowest BCUT2D eigenvalue weighted by Gasteiger charge is -2.25. The predicted molar refractivity (Wildman–Crippen MR) is 123 cm³/mol. The second-order valence-corrected chi connectivity index (χ2v) is 8.29. The van der Waals surface area contributed by atoms with Gasteiger partial charge in [0.1, 0.15) is 17.1 Å². The van der Waals surface area contributed by atoms with Crippen LogP contribution in [0.25, 0.3) is 11.0 Å². The van der Waals surface area contributed by atoms with Crippen molar-refractivity contribution in [1.29, 1.82) is 0 Å². The zero-order chi connectivity index (χ0) is 22.4. The van der Waals surface area contributed by atoms with Gasteiger partial charge in [0.25, 0.3) is 5.91 Å². The zero-order valence-electron chi connectivity index (χ0n) is 17.0. The minimum absolute atomic E-state index is 0.0316. The van der Waals surface area contributed by atoms with Gasteiger partial charge in [-0.1, -0.05) is 28.1 Å². The van der Waals surface area contributed by atoms with Crippen LogP contribution >= 0.6 is 15.9 Å². The predicted octanol–water partition coefficient (Wildman–Crippen LogP) is 5.84. The van der Waals surface area contributed by atoms with Gasteiger partial charge in [0.2, 0.25) is 5.76 Å². The van der Waals surface area contributed by atoms with Crippen molar-refractivity contribution >= 4 is 38.5 Å². The van der Waals surface area contributed by atoms with E-state index < -0.39 is 23.2 Å². The number of nitrogens with zero attached hydrogens (tertiary/aromatic N) is 1. The Kier molecular flexibility index (Phi) is 5.06. The molecule has 5 rings (SSSR count). The summed E-state index contributed by atoms with van der Waals surface area (Å²) >= 11 is 3.41. The van der Waals surface area contributed by atoms with E-state index in [4.69, 9.17) is 9.15 Å². The van der Waals surface area contributed by atoms with Gasteiger partial charge >= 0.3 is 0 Å². The van der Waals surface area contributed by atoms with Crippen molar-refractivity contribution < 1.29 is 18.3 Å². The molecule has 1 atom stereocenters. The van der Waals surface area contributed by atoms with Crippen molar-refractivity contribution in [2.45, 2.75) is 13.0 Å². The highest BCUT2D eigenvalue weighted by Gasteiger charge is 2.43. The van der Waals surface area contributed by atoms with Crippen LogP contribution in [0, 0.1) is 5.82 Å². The lowest BCUT2D eigenvalue weighted by Crippen LogP contribution is -2.29. The summed E-state index contributed by atoms with van der Waals surface area (Å²) < 4.78 is 26.1. The molecule has 1 unspecified atom stereocenters. The van der Waals surface area contributed by atoms with Crippen LogP contribution < -0.4 is 15.1 Å². The maximum Gasteiger partial charge on any atom is 0.295 e. The van der Waals surface area contributed by atoms with Crippen LogP contribution in [0.4, 0.5) is 10.1 Å². The number of carbonyl (C=O) groups is 1. The topological polar surface area (TPSA) is 59.8 Å². The van der Waals surface area contributed by atoms with Crippen LogP contribution in [0.3, 0.4) is 0 Å². The normalized spacial score (nSPS) is 15.3. The SMILES string of the molecule is CCOc1ccc(C2c3c(oc4ccc(F)cc4c3=O)C(=O)N2c2ccc(Br)cc2)cc1. The zero-order valence-corrected chi connectivity index (χ0v) is 18.6. The monoisotopic (exact) mass is 493 g/mol. The number of benzene rings is 3. The molecule has 7 heteroatoms. The molecule has 1 aliphatic heterocycles. The molecule has 1 aromatic heterocycles. The number of hydrogen-bond donors (Lipinski definition) is 0. The van der Waals surface area contributed by atoms with Crippen molar-refractivity contribution in [3.05, 3.63) is 104 Å². The first-order chi connectivity index (χ1) is 15.5. The third-order valence-electron chi connectivity index (χ3n) is 5.44. The van der Waals surface area contributed by atoms with Crippen molar-refractivity contribution in [3.8, 4) is 5.75 Å². The number of ether oxygens (including phenoxy) is 1. The van der Waals surface area contributed by atoms with Crippen LogP contribution in [0.1, 0.15) is 34.6 Å². The van der Waals surface area contributed by atoms with Gasteiger partial charge in [0.15, 0.2) is 5.43 Å². The summed E-state index contributed by atoms with van der Waals surface area (Å²) in [6.07, 6.45) is 0. The summed E-state index contributed by atoms with van der Waals surface area (Å²) in [6.45, 7) is 2.42. The van der Waals surface area contributed by atoms with Gasteiger partial charge in [0, 0.05) is 10.2 Å². The van der Waals surface area contributed by atoms with Crippen LogP contribution in [0.2, 0.25) is 0 Å². The Labute approximate surface area is 191 Å². The van der Waals surface area contributed by atoms with Crippen molar-refractivity contribution in [1.82, 2.24) is 0 Å². The summed E-state index contributed by atoms with van der Waals surface area (Å²) in [5.74, 6) is -0.319. The molecule has 0 bridgehead atoms. The third kappa shape index (κ3) is 3.29. The summed E-state index contributed by atoms with van der Waals surface area (Å²) in [7, 11) is 0. The lowest BCUT2D eigenvalue weighted by atomic mass is 9.98. The quantitative estimate of drug-likeness (QED) is 0.358. The molecule has 3 aromatic carbocycles. The Balaban J connectivity index is 1.76. The van der Waals surface area contributed by atoms with E-state index in [2.05, 4.69) is 15.9 Å². The van der Waals surface area contributed by atoms with E-state index in [9.17, 15) is 14.0 Å². The van der Waals surface area contributed by atoms with Gasteiger partial charge in [-0.2, -0.15) is 0 Å². The first-order valence-corrected chi connectivity index (χ1v) is 10.9. The van der Waals surface area contributed by atoms with Crippen LogP contribution in [-0.2, 0) is 0 Å². The Bertz CT molecular complexity index is 1400.